The molecule has 1 heterocycles. The van der Waals surface area contributed by atoms with Crippen LogP contribution in [0.1, 0.15) is 16.7 Å². The van der Waals surface area contributed by atoms with Crippen LogP contribution in [0.3, 0.4) is 0 Å². The molecule has 7 heteroatoms. The van der Waals surface area contributed by atoms with Crippen LogP contribution in [0.4, 0.5) is 0 Å². The van der Waals surface area contributed by atoms with Crippen molar-refractivity contribution < 1.29 is 14.9 Å². The van der Waals surface area contributed by atoms with Crippen LogP contribution in [0.25, 0.3) is 0 Å². The molecule has 0 bridgehead atoms. The Morgan fingerprint density at radius 3 is 1.94 bits per heavy atom. The highest BCUT2D eigenvalue weighted by molar-refractivity contribution is 6.30. The third kappa shape index (κ3) is 7.30. The van der Waals surface area contributed by atoms with E-state index in [-0.39, 0.29) is 18.8 Å². The third-order valence-corrected chi connectivity index (χ3v) is 7.25. The fourth-order valence-electron chi connectivity index (χ4n) is 5.00. The van der Waals surface area contributed by atoms with Crippen LogP contribution in [0.15, 0.2) is 78.9 Å². The third-order valence-electron chi connectivity index (χ3n) is 6.77. The molecule has 36 heavy (non-hydrogen) atoms. The summed E-state index contributed by atoms with van der Waals surface area (Å²) in [6, 6.07) is 25.8. The monoisotopic (exact) mass is 528 g/mol. The Kier molecular flexibility index (Phi) is 9.80. The van der Waals surface area contributed by atoms with Crippen molar-refractivity contribution in [1.82, 2.24) is 9.80 Å². The predicted octanol–water partition coefficient (Wildman–Crippen LogP) is 4.66. The minimum absolute atomic E-state index is 0.219. The zero-order valence-corrected chi connectivity index (χ0v) is 22.0. The molecule has 0 radical (unpaired) electrons. The van der Waals surface area contributed by atoms with Crippen molar-refractivity contribution in [1.29, 1.82) is 0 Å². The van der Waals surface area contributed by atoms with E-state index in [0.717, 1.165) is 24.1 Å². The van der Waals surface area contributed by atoms with Gasteiger partial charge >= 0.3 is 0 Å². The lowest BCUT2D eigenvalue weighted by Gasteiger charge is -2.33. The number of halogens is 2. The Bertz CT molecular complexity index is 1050. The van der Waals surface area contributed by atoms with Crippen LogP contribution >= 0.6 is 23.2 Å². The molecule has 5 nitrogen and oxygen atoms in total. The van der Waals surface area contributed by atoms with Crippen LogP contribution < -0.4 is 0 Å². The van der Waals surface area contributed by atoms with Gasteiger partial charge in [-0.1, -0.05) is 77.8 Å². The van der Waals surface area contributed by atoms with Crippen molar-refractivity contribution in [3.8, 4) is 0 Å². The van der Waals surface area contributed by atoms with Gasteiger partial charge in [0, 0.05) is 36.2 Å². The van der Waals surface area contributed by atoms with Crippen LogP contribution in [0.5, 0.6) is 0 Å². The molecule has 0 saturated carbocycles. The summed E-state index contributed by atoms with van der Waals surface area (Å²) in [6.45, 7) is 2.45. The number of hydrogen-bond acceptors (Lipinski definition) is 5. The number of aliphatic hydroxyl groups is 2. The van der Waals surface area contributed by atoms with Crippen LogP contribution in [0, 0.1) is 0 Å². The van der Waals surface area contributed by atoms with Gasteiger partial charge in [-0.15, -0.1) is 0 Å². The Morgan fingerprint density at radius 2 is 1.39 bits per heavy atom. The summed E-state index contributed by atoms with van der Waals surface area (Å²) in [5.74, 6) is 0. The lowest BCUT2D eigenvalue weighted by atomic mass is 10.0. The van der Waals surface area contributed by atoms with Gasteiger partial charge in [0.25, 0.3) is 0 Å². The van der Waals surface area contributed by atoms with E-state index in [1.165, 1.54) is 5.56 Å². The quantitative estimate of drug-likeness (QED) is 0.379. The first-order chi connectivity index (χ1) is 17.4. The first-order valence-corrected chi connectivity index (χ1v) is 13.1. The van der Waals surface area contributed by atoms with E-state index >= 15 is 0 Å². The van der Waals surface area contributed by atoms with E-state index < -0.39 is 12.2 Å². The number of aliphatic hydroxyl groups excluding tert-OH is 2. The van der Waals surface area contributed by atoms with Crippen molar-refractivity contribution in [2.45, 2.75) is 43.9 Å². The van der Waals surface area contributed by atoms with Gasteiger partial charge in [-0.25, -0.2) is 0 Å². The van der Waals surface area contributed by atoms with Crippen LogP contribution in [0.2, 0.25) is 10.0 Å². The first-order valence-electron chi connectivity index (χ1n) is 12.3. The maximum absolute atomic E-state index is 11.1. The summed E-state index contributed by atoms with van der Waals surface area (Å²) >= 11 is 12.5. The zero-order chi connectivity index (χ0) is 25.5. The van der Waals surface area contributed by atoms with Crippen molar-refractivity contribution in [3.05, 3.63) is 106 Å². The van der Waals surface area contributed by atoms with Gasteiger partial charge in [-0.3, -0.25) is 9.80 Å². The van der Waals surface area contributed by atoms with Gasteiger partial charge in [0.15, 0.2) is 0 Å². The van der Waals surface area contributed by atoms with E-state index in [2.05, 4.69) is 34.1 Å². The summed E-state index contributed by atoms with van der Waals surface area (Å²) in [7, 11) is 2.02. The second-order valence-corrected chi connectivity index (χ2v) is 10.4. The van der Waals surface area contributed by atoms with E-state index in [4.69, 9.17) is 27.9 Å². The summed E-state index contributed by atoms with van der Waals surface area (Å²) < 4.78 is 6.23. The molecule has 0 aromatic heterocycles. The SMILES string of the molecule is CN(CCc1ccccc1)[C@H]1[C@H](O)[C@H](CO)O[C@@H]1CN(Cc1cccc(Cl)c1)Cc1cccc(Cl)c1. The largest absolute Gasteiger partial charge is 0.394 e. The van der Waals surface area contributed by atoms with E-state index in [1.54, 1.807) is 0 Å². The minimum Gasteiger partial charge on any atom is -0.394 e. The fraction of sp³-hybridized carbons (Fsp3) is 0.379. The molecule has 3 aromatic rings. The van der Waals surface area contributed by atoms with Crippen molar-refractivity contribution in [2.24, 2.45) is 0 Å². The van der Waals surface area contributed by atoms with Crippen molar-refractivity contribution in [3.63, 3.8) is 0 Å². The minimum atomic E-state index is -0.778. The molecule has 1 aliphatic heterocycles. The molecule has 1 saturated heterocycles. The highest BCUT2D eigenvalue weighted by atomic mass is 35.5. The van der Waals surface area contributed by atoms with E-state index in [0.29, 0.717) is 29.7 Å². The lowest BCUT2D eigenvalue weighted by molar-refractivity contribution is -0.0322. The van der Waals surface area contributed by atoms with Gasteiger partial charge in [-0.2, -0.15) is 0 Å². The second kappa shape index (κ2) is 13.0. The standard InChI is InChI=1S/C29H34Cl2N2O3/c1-32(14-13-21-7-3-2-4-8-21)28-26(36-27(20-34)29(28)35)19-33(17-22-9-5-11-24(30)15-22)18-23-10-6-12-25(31)16-23/h2-12,15-16,26-29,34-35H,13-14,17-20H2,1H3/t26-,27+,28-,29-/m1/s1. The Hall–Kier alpha value is -1.96. The molecule has 0 unspecified atom stereocenters. The highest BCUT2D eigenvalue weighted by Crippen LogP contribution is 2.28. The number of benzene rings is 3. The molecule has 0 spiro atoms. The van der Waals surface area contributed by atoms with Gasteiger partial charge in [-0.05, 0) is 54.4 Å². The lowest BCUT2D eigenvalue weighted by Crippen LogP contribution is -2.50. The maximum Gasteiger partial charge on any atom is 0.109 e. The molecule has 4 rings (SSSR count). The highest BCUT2D eigenvalue weighted by Gasteiger charge is 2.45. The van der Waals surface area contributed by atoms with Gasteiger partial charge in [0.05, 0.1) is 18.8 Å². The molecule has 192 valence electrons. The second-order valence-electron chi connectivity index (χ2n) is 9.52. The normalized spacial score (nSPS) is 22.0. The van der Waals surface area contributed by atoms with Crippen molar-refractivity contribution in [2.75, 3.05) is 26.7 Å². The summed E-state index contributed by atoms with van der Waals surface area (Å²) in [5.41, 5.74) is 3.43. The smallest absolute Gasteiger partial charge is 0.109 e. The molecule has 2 N–H and O–H groups in total. The number of rotatable bonds is 11. The van der Waals surface area contributed by atoms with Crippen LogP contribution in [-0.4, -0.2) is 71.1 Å². The number of hydrogen-bond donors (Lipinski definition) is 2. The molecule has 3 aromatic carbocycles. The van der Waals surface area contributed by atoms with E-state index in [1.807, 2.05) is 61.6 Å². The summed E-state index contributed by atoms with van der Waals surface area (Å²) in [4.78, 5) is 4.45. The molecule has 1 fully saturated rings. The number of likely N-dealkylation sites (N-methyl/N-ethyl adjacent to an activating group) is 1. The fourth-order valence-corrected chi connectivity index (χ4v) is 5.42. The van der Waals surface area contributed by atoms with Crippen molar-refractivity contribution >= 4 is 23.2 Å². The van der Waals surface area contributed by atoms with Crippen LogP contribution in [-0.2, 0) is 24.2 Å². The average Bonchev–Trinajstić information content (AvgIpc) is 3.18. The molecule has 0 aliphatic carbocycles. The maximum atomic E-state index is 11.1. The Balaban J connectivity index is 1.52. The van der Waals surface area contributed by atoms with E-state index in [9.17, 15) is 10.2 Å². The molecule has 0 amide bonds. The predicted molar refractivity (Wildman–Crippen MR) is 145 cm³/mol. The van der Waals surface area contributed by atoms with Gasteiger partial charge in [0.1, 0.15) is 12.2 Å². The Labute approximate surface area is 223 Å². The molecular formula is C29H34Cl2N2O3. The number of ether oxygens (including phenoxy) is 1. The Morgan fingerprint density at radius 1 is 0.806 bits per heavy atom. The number of nitrogens with zero attached hydrogens (tertiary/aromatic N) is 2. The topological polar surface area (TPSA) is 56.2 Å². The summed E-state index contributed by atoms with van der Waals surface area (Å²) in [6.07, 6.45) is -0.805. The molecule has 4 atom stereocenters. The first kappa shape index (κ1) is 27.1. The summed E-state index contributed by atoms with van der Waals surface area (Å²) in [5, 5.41) is 22.3. The zero-order valence-electron chi connectivity index (χ0n) is 20.5. The van der Waals surface area contributed by atoms with Gasteiger partial charge < -0.3 is 14.9 Å². The molecule has 1 aliphatic rings. The average molecular weight is 530 g/mol. The van der Waals surface area contributed by atoms with Gasteiger partial charge in [0.2, 0.25) is 0 Å². The molecular weight excluding hydrogens is 495 g/mol.